The standard InChI is InChI=1S/C14H30N2/c1-11(2)9-16(12(3)4)10-14-6-7-15-13(5)8-14/h11-15H,6-10H2,1-5H3. The summed E-state index contributed by atoms with van der Waals surface area (Å²) in [5, 5.41) is 3.54. The smallest absolute Gasteiger partial charge is 0.00418 e. The van der Waals surface area contributed by atoms with Crippen molar-refractivity contribution in [3.8, 4) is 0 Å². The van der Waals surface area contributed by atoms with Crippen molar-refractivity contribution < 1.29 is 0 Å². The van der Waals surface area contributed by atoms with Gasteiger partial charge < -0.3 is 10.2 Å². The molecule has 2 nitrogen and oxygen atoms in total. The van der Waals surface area contributed by atoms with E-state index in [9.17, 15) is 0 Å². The fraction of sp³-hybridized carbons (Fsp3) is 1.00. The second kappa shape index (κ2) is 6.61. The van der Waals surface area contributed by atoms with E-state index in [1.54, 1.807) is 0 Å². The van der Waals surface area contributed by atoms with E-state index in [1.807, 2.05) is 0 Å². The molecule has 1 N–H and O–H groups in total. The third kappa shape index (κ3) is 4.84. The highest BCUT2D eigenvalue weighted by molar-refractivity contribution is 4.79. The maximum Gasteiger partial charge on any atom is 0.00418 e. The molecule has 0 aromatic rings. The third-order valence-electron chi connectivity index (χ3n) is 3.55. The van der Waals surface area contributed by atoms with Crippen LogP contribution < -0.4 is 5.32 Å². The average molecular weight is 226 g/mol. The van der Waals surface area contributed by atoms with Gasteiger partial charge in [-0.3, -0.25) is 0 Å². The lowest BCUT2D eigenvalue weighted by Gasteiger charge is -2.35. The monoisotopic (exact) mass is 226 g/mol. The van der Waals surface area contributed by atoms with Crippen LogP contribution in [-0.2, 0) is 0 Å². The van der Waals surface area contributed by atoms with Crippen molar-refractivity contribution in [1.29, 1.82) is 0 Å². The summed E-state index contributed by atoms with van der Waals surface area (Å²) in [4.78, 5) is 2.66. The zero-order valence-corrected chi connectivity index (χ0v) is 11.8. The summed E-state index contributed by atoms with van der Waals surface area (Å²) in [5.41, 5.74) is 0. The van der Waals surface area contributed by atoms with Crippen LogP contribution in [0, 0.1) is 11.8 Å². The summed E-state index contributed by atoms with van der Waals surface area (Å²) in [6, 6.07) is 1.40. The molecule has 0 radical (unpaired) electrons. The highest BCUT2D eigenvalue weighted by atomic mass is 15.1. The maximum atomic E-state index is 3.54. The van der Waals surface area contributed by atoms with Crippen LogP contribution in [0.1, 0.15) is 47.5 Å². The summed E-state index contributed by atoms with van der Waals surface area (Å²) in [6.45, 7) is 15.4. The minimum absolute atomic E-state index is 0.688. The van der Waals surface area contributed by atoms with Gasteiger partial charge in [0.15, 0.2) is 0 Å². The van der Waals surface area contributed by atoms with Crippen LogP contribution in [0.2, 0.25) is 0 Å². The normalized spacial score (nSPS) is 27.0. The number of hydrogen-bond acceptors (Lipinski definition) is 2. The maximum absolute atomic E-state index is 3.54. The average Bonchev–Trinajstić information content (AvgIpc) is 2.15. The number of rotatable bonds is 5. The second-order valence-electron chi connectivity index (χ2n) is 6.19. The van der Waals surface area contributed by atoms with Gasteiger partial charge in [0.25, 0.3) is 0 Å². The molecular formula is C14H30N2. The van der Waals surface area contributed by atoms with E-state index in [-0.39, 0.29) is 0 Å². The third-order valence-corrected chi connectivity index (χ3v) is 3.55. The van der Waals surface area contributed by atoms with Crippen LogP contribution in [0.3, 0.4) is 0 Å². The number of nitrogens with one attached hydrogen (secondary N) is 1. The molecule has 0 bridgehead atoms. The van der Waals surface area contributed by atoms with E-state index < -0.39 is 0 Å². The predicted octanol–water partition coefficient (Wildman–Crippen LogP) is 2.74. The Labute approximate surface area is 102 Å². The zero-order valence-electron chi connectivity index (χ0n) is 11.8. The highest BCUT2D eigenvalue weighted by Crippen LogP contribution is 2.19. The van der Waals surface area contributed by atoms with Crippen molar-refractivity contribution in [3.05, 3.63) is 0 Å². The molecule has 1 rings (SSSR count). The van der Waals surface area contributed by atoms with Gasteiger partial charge >= 0.3 is 0 Å². The van der Waals surface area contributed by atoms with Crippen molar-refractivity contribution in [2.75, 3.05) is 19.6 Å². The van der Waals surface area contributed by atoms with Crippen LogP contribution >= 0.6 is 0 Å². The molecule has 0 aromatic heterocycles. The first-order chi connectivity index (χ1) is 7.49. The number of hydrogen-bond donors (Lipinski definition) is 1. The second-order valence-corrected chi connectivity index (χ2v) is 6.19. The first-order valence-corrected chi connectivity index (χ1v) is 6.96. The van der Waals surface area contributed by atoms with Crippen LogP contribution in [0.4, 0.5) is 0 Å². The van der Waals surface area contributed by atoms with E-state index in [4.69, 9.17) is 0 Å². The minimum Gasteiger partial charge on any atom is -0.314 e. The summed E-state index contributed by atoms with van der Waals surface area (Å²) in [7, 11) is 0. The van der Waals surface area contributed by atoms with Crippen LogP contribution in [-0.4, -0.2) is 36.6 Å². The molecule has 0 saturated carbocycles. The molecular weight excluding hydrogens is 196 g/mol. The molecule has 2 atom stereocenters. The molecule has 1 fully saturated rings. The van der Waals surface area contributed by atoms with Gasteiger partial charge in [0, 0.05) is 25.2 Å². The first kappa shape index (κ1) is 14.0. The Balaban J connectivity index is 2.41. The van der Waals surface area contributed by atoms with Crippen LogP contribution in [0.15, 0.2) is 0 Å². The number of nitrogens with zero attached hydrogens (tertiary/aromatic N) is 1. The molecule has 96 valence electrons. The van der Waals surface area contributed by atoms with Gasteiger partial charge in [-0.05, 0) is 52.0 Å². The number of piperidine rings is 1. The van der Waals surface area contributed by atoms with E-state index in [1.165, 1.54) is 32.5 Å². The Hall–Kier alpha value is -0.0800. The molecule has 2 heteroatoms. The van der Waals surface area contributed by atoms with Crippen molar-refractivity contribution >= 4 is 0 Å². The Morgan fingerprint density at radius 3 is 2.44 bits per heavy atom. The fourth-order valence-electron chi connectivity index (χ4n) is 2.70. The molecule has 1 heterocycles. The Bertz CT molecular complexity index is 189. The quantitative estimate of drug-likeness (QED) is 0.775. The van der Waals surface area contributed by atoms with E-state index >= 15 is 0 Å². The van der Waals surface area contributed by atoms with Crippen molar-refractivity contribution in [2.45, 2.75) is 59.5 Å². The van der Waals surface area contributed by atoms with Crippen LogP contribution in [0.5, 0.6) is 0 Å². The van der Waals surface area contributed by atoms with E-state index in [0.29, 0.717) is 12.1 Å². The molecule has 0 spiro atoms. The summed E-state index contributed by atoms with van der Waals surface area (Å²) >= 11 is 0. The Morgan fingerprint density at radius 1 is 1.25 bits per heavy atom. The predicted molar refractivity (Wildman–Crippen MR) is 71.7 cm³/mol. The summed E-state index contributed by atoms with van der Waals surface area (Å²) in [6.07, 6.45) is 2.70. The lowest BCUT2D eigenvalue weighted by molar-refractivity contribution is 0.145. The largest absolute Gasteiger partial charge is 0.314 e. The SMILES string of the molecule is CC(C)CN(CC1CCNC(C)C1)C(C)C. The fourth-order valence-corrected chi connectivity index (χ4v) is 2.70. The van der Waals surface area contributed by atoms with Crippen LogP contribution in [0.25, 0.3) is 0 Å². The molecule has 2 unspecified atom stereocenters. The van der Waals surface area contributed by atoms with Gasteiger partial charge in [-0.15, -0.1) is 0 Å². The molecule has 0 amide bonds. The van der Waals surface area contributed by atoms with Gasteiger partial charge in [0.2, 0.25) is 0 Å². The van der Waals surface area contributed by atoms with Crippen molar-refractivity contribution in [3.63, 3.8) is 0 Å². The first-order valence-electron chi connectivity index (χ1n) is 6.96. The Morgan fingerprint density at radius 2 is 1.94 bits per heavy atom. The van der Waals surface area contributed by atoms with Crippen molar-refractivity contribution in [2.24, 2.45) is 11.8 Å². The molecule has 0 aliphatic carbocycles. The van der Waals surface area contributed by atoms with E-state index in [0.717, 1.165) is 11.8 Å². The molecule has 1 saturated heterocycles. The topological polar surface area (TPSA) is 15.3 Å². The summed E-state index contributed by atoms with van der Waals surface area (Å²) < 4.78 is 0. The van der Waals surface area contributed by atoms with Gasteiger partial charge in [-0.1, -0.05) is 13.8 Å². The highest BCUT2D eigenvalue weighted by Gasteiger charge is 2.22. The Kier molecular flexibility index (Phi) is 5.77. The van der Waals surface area contributed by atoms with Gasteiger partial charge in [-0.2, -0.15) is 0 Å². The van der Waals surface area contributed by atoms with Gasteiger partial charge in [0.1, 0.15) is 0 Å². The van der Waals surface area contributed by atoms with Crippen molar-refractivity contribution in [1.82, 2.24) is 10.2 Å². The molecule has 1 aliphatic heterocycles. The lowest BCUT2D eigenvalue weighted by atomic mass is 9.92. The molecule has 0 aromatic carbocycles. The van der Waals surface area contributed by atoms with Gasteiger partial charge in [-0.25, -0.2) is 0 Å². The zero-order chi connectivity index (χ0) is 12.1. The summed E-state index contributed by atoms with van der Waals surface area (Å²) in [5.74, 6) is 1.68. The van der Waals surface area contributed by atoms with E-state index in [2.05, 4.69) is 44.8 Å². The minimum atomic E-state index is 0.688. The molecule has 16 heavy (non-hydrogen) atoms. The molecule has 1 aliphatic rings. The van der Waals surface area contributed by atoms with Gasteiger partial charge in [0.05, 0.1) is 0 Å². The lowest BCUT2D eigenvalue weighted by Crippen LogP contribution is -2.43.